The number of carbonyl (C=O) groups excluding carboxylic acids is 1. The summed E-state index contributed by atoms with van der Waals surface area (Å²) in [6, 6.07) is 0.393. The lowest BCUT2D eigenvalue weighted by atomic mass is 10.1. The van der Waals surface area contributed by atoms with E-state index < -0.39 is 53.4 Å². The summed E-state index contributed by atoms with van der Waals surface area (Å²) in [6.45, 7) is -0.635. The highest BCUT2D eigenvalue weighted by molar-refractivity contribution is 7.85. The monoisotopic (exact) mass is 428 g/mol. The van der Waals surface area contributed by atoms with Crippen LogP contribution in [0.15, 0.2) is 12.3 Å². The molecule has 1 saturated heterocycles. The summed E-state index contributed by atoms with van der Waals surface area (Å²) in [7, 11) is -4.47. The SMILES string of the molecule is Nc1ccnc2c1nc1n2[C@@H]2O[C@H](COS(=O)(=O)NC(=O)[C@H](N)CC1)[C@@H](O)[C@H]2O. The number of aliphatic hydroxyl groups is 2. The number of rotatable bonds is 0. The second-order valence-electron chi connectivity index (χ2n) is 6.87. The number of ether oxygens (including phenoxy) is 1. The zero-order valence-electron chi connectivity index (χ0n) is 15.0. The molecule has 14 heteroatoms. The highest BCUT2D eigenvalue weighted by Crippen LogP contribution is 2.34. The Bertz CT molecular complexity index is 1060. The molecule has 0 aromatic carbocycles. The molecule has 2 aromatic heterocycles. The Labute approximate surface area is 164 Å². The summed E-state index contributed by atoms with van der Waals surface area (Å²) in [5.41, 5.74) is 12.8. The molecule has 0 saturated carbocycles. The van der Waals surface area contributed by atoms with E-state index in [2.05, 4.69) is 9.97 Å². The van der Waals surface area contributed by atoms with Crippen LogP contribution < -0.4 is 16.2 Å². The third-order valence-corrected chi connectivity index (χ3v) is 5.80. The van der Waals surface area contributed by atoms with Gasteiger partial charge in [0.2, 0.25) is 0 Å². The van der Waals surface area contributed by atoms with Crippen molar-refractivity contribution in [2.24, 2.45) is 5.73 Å². The first-order valence-electron chi connectivity index (χ1n) is 8.77. The van der Waals surface area contributed by atoms with Gasteiger partial charge in [-0.25, -0.2) is 14.7 Å². The van der Waals surface area contributed by atoms with E-state index in [9.17, 15) is 23.4 Å². The molecule has 4 heterocycles. The maximum absolute atomic E-state index is 12.1. The topological polar surface area (TPSA) is 205 Å². The fraction of sp³-hybridized carbons (Fsp3) is 0.533. The van der Waals surface area contributed by atoms with Crippen LogP contribution in [0.25, 0.3) is 11.2 Å². The van der Waals surface area contributed by atoms with E-state index in [1.807, 2.05) is 0 Å². The number of nitrogens with two attached hydrogens (primary N) is 2. The molecule has 2 aliphatic heterocycles. The normalized spacial score (nSPS) is 32.7. The number of pyridine rings is 1. The van der Waals surface area contributed by atoms with Gasteiger partial charge in [0.15, 0.2) is 11.9 Å². The Morgan fingerprint density at radius 1 is 1.31 bits per heavy atom. The van der Waals surface area contributed by atoms with Gasteiger partial charge in [0.05, 0.1) is 18.3 Å². The summed E-state index contributed by atoms with van der Waals surface area (Å²) < 4.78 is 37.4. The van der Waals surface area contributed by atoms with Gasteiger partial charge in [-0.1, -0.05) is 0 Å². The second-order valence-corrected chi connectivity index (χ2v) is 8.21. The predicted octanol–water partition coefficient (Wildman–Crippen LogP) is -2.72. The van der Waals surface area contributed by atoms with E-state index in [1.54, 1.807) is 10.8 Å². The third-order valence-electron chi connectivity index (χ3n) is 4.90. The van der Waals surface area contributed by atoms with Crippen LogP contribution in [0.5, 0.6) is 0 Å². The first-order valence-corrected chi connectivity index (χ1v) is 10.2. The minimum absolute atomic E-state index is 0.0272. The Morgan fingerprint density at radius 3 is 2.83 bits per heavy atom. The molecular formula is C15H20N6O7S. The van der Waals surface area contributed by atoms with E-state index in [0.29, 0.717) is 22.7 Å². The van der Waals surface area contributed by atoms with Crippen LogP contribution in [0.4, 0.5) is 5.69 Å². The molecule has 4 rings (SSSR count). The molecule has 7 N–H and O–H groups in total. The molecule has 0 aliphatic carbocycles. The highest BCUT2D eigenvalue weighted by Gasteiger charge is 2.46. The van der Waals surface area contributed by atoms with E-state index in [0.717, 1.165) is 0 Å². The largest absolute Gasteiger partial charge is 0.397 e. The number of amides is 1. The smallest absolute Gasteiger partial charge is 0.362 e. The Hall–Kier alpha value is -2.36. The summed E-state index contributed by atoms with van der Waals surface area (Å²) in [4.78, 5) is 20.8. The van der Waals surface area contributed by atoms with E-state index >= 15 is 0 Å². The summed E-state index contributed by atoms with van der Waals surface area (Å²) in [6.07, 6.45) is -3.59. The Morgan fingerprint density at radius 2 is 2.07 bits per heavy atom. The van der Waals surface area contributed by atoms with Crippen molar-refractivity contribution in [2.45, 2.75) is 43.4 Å². The first-order chi connectivity index (χ1) is 13.7. The number of hydrogen-bond donors (Lipinski definition) is 5. The average molecular weight is 428 g/mol. The van der Waals surface area contributed by atoms with Gasteiger partial charge >= 0.3 is 10.3 Å². The second kappa shape index (κ2) is 7.16. The van der Waals surface area contributed by atoms with Crippen molar-refractivity contribution in [3.05, 3.63) is 18.1 Å². The molecule has 2 aromatic rings. The molecule has 0 unspecified atom stereocenters. The van der Waals surface area contributed by atoms with Gasteiger partial charge in [-0.15, -0.1) is 0 Å². The van der Waals surface area contributed by atoms with Gasteiger partial charge in [0.1, 0.15) is 29.7 Å². The van der Waals surface area contributed by atoms with Crippen molar-refractivity contribution in [3.8, 4) is 0 Å². The van der Waals surface area contributed by atoms with Crippen molar-refractivity contribution in [2.75, 3.05) is 12.3 Å². The number of hydrogen-bond acceptors (Lipinski definition) is 11. The quantitative estimate of drug-likeness (QED) is 0.291. The standard InChI is InChI=1S/C15H20N6O7S/c16-6-3-4-18-13-10(6)19-9-2-1-7(17)14(24)20-29(25,26)27-5-8-11(22)12(23)15(28-8)21(9)13/h3-4,7-8,11-12,15,22-23H,1-2,5,17H2,(H2,16,18)(H,20,24)/t7-,8-,11-,12-,15-/m1/s1. The lowest BCUT2D eigenvalue weighted by Crippen LogP contribution is -2.45. The van der Waals surface area contributed by atoms with Crippen molar-refractivity contribution in [3.63, 3.8) is 0 Å². The zero-order valence-corrected chi connectivity index (χ0v) is 15.8. The minimum Gasteiger partial charge on any atom is -0.397 e. The number of nitrogens with zero attached hydrogens (tertiary/aromatic N) is 3. The zero-order chi connectivity index (χ0) is 20.9. The van der Waals surface area contributed by atoms with Gasteiger partial charge in [-0.2, -0.15) is 8.42 Å². The summed E-state index contributed by atoms with van der Waals surface area (Å²) >= 11 is 0. The lowest BCUT2D eigenvalue weighted by Gasteiger charge is -2.19. The summed E-state index contributed by atoms with van der Waals surface area (Å²) in [5.74, 6) is -0.593. The predicted molar refractivity (Wildman–Crippen MR) is 97.2 cm³/mol. The first kappa shape index (κ1) is 19.9. The van der Waals surface area contributed by atoms with Crippen LogP contribution in [0.1, 0.15) is 18.5 Å². The van der Waals surface area contributed by atoms with Gasteiger partial charge in [-0.3, -0.25) is 13.5 Å². The molecule has 0 spiro atoms. The van der Waals surface area contributed by atoms with Crippen molar-refractivity contribution >= 4 is 33.1 Å². The maximum atomic E-state index is 12.1. The molecular weight excluding hydrogens is 408 g/mol. The molecule has 0 radical (unpaired) electrons. The van der Waals surface area contributed by atoms with E-state index in [-0.39, 0.29) is 12.8 Å². The minimum atomic E-state index is -4.47. The number of imidazole rings is 1. The number of fused-ring (bicyclic) bond motifs is 6. The molecule has 29 heavy (non-hydrogen) atoms. The fourth-order valence-electron chi connectivity index (χ4n) is 3.38. The number of anilines is 1. The number of nitrogen functional groups attached to an aromatic ring is 1. The molecule has 13 nitrogen and oxygen atoms in total. The van der Waals surface area contributed by atoms with Crippen LogP contribution in [0.2, 0.25) is 0 Å². The third kappa shape index (κ3) is 3.54. The Balaban J connectivity index is 1.82. The number of nitrogens with one attached hydrogen (secondary N) is 1. The van der Waals surface area contributed by atoms with Gasteiger partial charge < -0.3 is 26.4 Å². The van der Waals surface area contributed by atoms with Gasteiger partial charge in [0.25, 0.3) is 5.91 Å². The average Bonchev–Trinajstić information content (AvgIpc) is 3.16. The number of aryl methyl sites for hydroxylation is 1. The molecule has 5 atom stereocenters. The molecule has 2 aliphatic rings. The van der Waals surface area contributed by atoms with Crippen LogP contribution in [0, 0.1) is 0 Å². The van der Waals surface area contributed by atoms with E-state index in [4.69, 9.17) is 20.4 Å². The van der Waals surface area contributed by atoms with Crippen LogP contribution >= 0.6 is 0 Å². The molecule has 2 bridgehead atoms. The van der Waals surface area contributed by atoms with Crippen LogP contribution in [-0.2, 0) is 30.4 Å². The van der Waals surface area contributed by atoms with Gasteiger partial charge in [-0.05, 0) is 12.5 Å². The van der Waals surface area contributed by atoms with Gasteiger partial charge in [0, 0.05) is 12.6 Å². The molecule has 158 valence electrons. The Kier molecular flexibility index (Phi) is 4.92. The van der Waals surface area contributed by atoms with Crippen molar-refractivity contribution < 1.29 is 32.3 Å². The van der Waals surface area contributed by atoms with Crippen LogP contribution in [-0.4, -0.2) is 70.0 Å². The summed E-state index contributed by atoms with van der Waals surface area (Å²) in [5, 5.41) is 20.8. The number of carbonyl (C=O) groups is 1. The van der Waals surface area contributed by atoms with Crippen molar-refractivity contribution in [1.82, 2.24) is 19.3 Å². The highest BCUT2D eigenvalue weighted by atomic mass is 32.2. The molecule has 1 fully saturated rings. The van der Waals surface area contributed by atoms with E-state index in [1.165, 1.54) is 10.8 Å². The fourth-order valence-corrected chi connectivity index (χ4v) is 4.15. The molecule has 1 amide bonds. The van der Waals surface area contributed by atoms with Crippen LogP contribution in [0.3, 0.4) is 0 Å². The van der Waals surface area contributed by atoms with Crippen molar-refractivity contribution in [1.29, 1.82) is 0 Å². The maximum Gasteiger partial charge on any atom is 0.362 e. The number of aromatic nitrogens is 3. The number of aliphatic hydroxyl groups excluding tert-OH is 2. The lowest BCUT2D eigenvalue weighted by molar-refractivity contribution is -0.120.